The number of hydrogen-bond acceptors (Lipinski definition) is 0. The van der Waals surface area contributed by atoms with E-state index in [0.29, 0.717) is 5.92 Å². The van der Waals surface area contributed by atoms with E-state index in [1.165, 1.54) is 61.2 Å². The minimum atomic E-state index is -0.232. The van der Waals surface area contributed by atoms with Crippen molar-refractivity contribution in [3.8, 4) is 11.1 Å². The third-order valence-corrected chi connectivity index (χ3v) is 11.7. The number of benzene rings is 5. The zero-order valence-corrected chi connectivity index (χ0v) is 26.1. The van der Waals surface area contributed by atoms with E-state index in [1.807, 2.05) is 0 Å². The van der Waals surface area contributed by atoms with Crippen molar-refractivity contribution in [2.75, 3.05) is 0 Å². The molecule has 5 aromatic rings. The molecule has 0 nitrogen and oxygen atoms in total. The van der Waals surface area contributed by atoms with Crippen LogP contribution in [0.4, 0.5) is 0 Å². The molecule has 0 aliphatic heterocycles. The van der Waals surface area contributed by atoms with Crippen LogP contribution in [0.1, 0.15) is 83.5 Å². The highest BCUT2D eigenvalue weighted by molar-refractivity contribution is 7.19. The van der Waals surface area contributed by atoms with Gasteiger partial charge in [-0.25, -0.2) is 0 Å². The third-order valence-electron chi connectivity index (χ3n) is 10.7. The summed E-state index contributed by atoms with van der Waals surface area (Å²) in [5.74, 6) is 0.310. The Morgan fingerprint density at radius 1 is 0.581 bits per heavy atom. The Hall–Kier alpha value is -3.99. The van der Waals surface area contributed by atoms with Gasteiger partial charge in [0.25, 0.3) is 0 Å². The fraction of sp³-hybridized carbons (Fsp3) is 0.190. The van der Waals surface area contributed by atoms with Gasteiger partial charge in [0.15, 0.2) is 0 Å². The average Bonchev–Trinajstić information content (AvgIpc) is 3.49. The minimum Gasteiger partial charge on any atom is -0.117 e. The number of rotatable bonds is 4. The molecule has 3 aliphatic carbocycles. The van der Waals surface area contributed by atoms with Crippen molar-refractivity contribution in [2.45, 2.75) is 49.6 Å². The van der Waals surface area contributed by atoms with Crippen LogP contribution in [0.15, 0.2) is 139 Å². The summed E-state index contributed by atoms with van der Waals surface area (Å²) in [7, 11) is 3.21. The van der Waals surface area contributed by atoms with Crippen LogP contribution in [-0.4, -0.2) is 0 Å². The molecule has 5 aromatic carbocycles. The first-order chi connectivity index (χ1) is 21.0. The molecule has 3 aliphatic rings. The van der Waals surface area contributed by atoms with Crippen LogP contribution in [0.3, 0.4) is 0 Å². The van der Waals surface area contributed by atoms with Crippen molar-refractivity contribution in [3.05, 3.63) is 184 Å². The zero-order valence-electron chi connectivity index (χ0n) is 25.0. The molecule has 210 valence electrons. The van der Waals surface area contributed by atoms with Crippen LogP contribution < -0.4 is 0 Å². The van der Waals surface area contributed by atoms with Crippen molar-refractivity contribution in [3.63, 3.8) is 0 Å². The molecule has 3 unspecified atom stereocenters. The molecule has 8 rings (SSSR count). The lowest BCUT2D eigenvalue weighted by atomic mass is 9.69. The van der Waals surface area contributed by atoms with Gasteiger partial charge in [-0.15, -0.1) is 9.24 Å². The maximum atomic E-state index is 3.21. The predicted octanol–water partition coefficient (Wildman–Crippen LogP) is 10.8. The molecular weight excluding hydrogens is 535 g/mol. The number of allylic oxidation sites excluding steroid dienone is 4. The highest BCUT2D eigenvalue weighted by Gasteiger charge is 2.44. The van der Waals surface area contributed by atoms with Gasteiger partial charge < -0.3 is 0 Å². The molecule has 0 amide bonds. The van der Waals surface area contributed by atoms with Gasteiger partial charge in [0.05, 0.1) is 5.16 Å². The lowest BCUT2D eigenvalue weighted by molar-refractivity contribution is 0.621. The molecule has 3 atom stereocenters. The molecule has 0 radical (unpaired) electrons. The lowest BCUT2D eigenvalue weighted by Crippen LogP contribution is -2.27. The standard InChI is InChI=1S/C42H37P/c1-28(31-21-25-33(26-22-31)42(43)39-17-9-6-14-36(39)37-15-7-10-18-40(37)42)30-19-23-32(24-20-30)41-27-11-3-4-12-34(29(41)2)35-13-5-8-16-38(35)41/h3,5-11,13-26,28H,4,12,27,43H2,1-2H3/b11-3-. The van der Waals surface area contributed by atoms with Crippen molar-refractivity contribution < 1.29 is 0 Å². The molecule has 0 N–H and O–H groups in total. The van der Waals surface area contributed by atoms with Crippen LogP contribution in [0, 0.1) is 0 Å². The second-order valence-corrected chi connectivity index (χ2v) is 13.5. The summed E-state index contributed by atoms with van der Waals surface area (Å²) in [6.07, 6.45) is 8.08. The van der Waals surface area contributed by atoms with E-state index in [0.717, 1.165) is 19.3 Å². The van der Waals surface area contributed by atoms with Gasteiger partial charge in [0, 0.05) is 11.3 Å². The molecular formula is C42H37P. The number of hydrogen-bond donors (Lipinski definition) is 0. The van der Waals surface area contributed by atoms with E-state index in [-0.39, 0.29) is 10.6 Å². The van der Waals surface area contributed by atoms with Gasteiger partial charge >= 0.3 is 0 Å². The van der Waals surface area contributed by atoms with Crippen molar-refractivity contribution in [2.24, 2.45) is 0 Å². The first-order valence-electron chi connectivity index (χ1n) is 15.7. The summed E-state index contributed by atoms with van der Waals surface area (Å²) in [6.45, 7) is 4.72. The first kappa shape index (κ1) is 26.6. The van der Waals surface area contributed by atoms with Gasteiger partial charge in [0.2, 0.25) is 0 Å². The summed E-state index contributed by atoms with van der Waals surface area (Å²) in [5.41, 5.74) is 16.8. The SMILES string of the molecule is CC1=C2CC/C=C\CC1(c1ccc(C(C)c3ccc(C4(P)c5ccccc5-c5ccccc54)cc3)cc1)c1ccccc12. The highest BCUT2D eigenvalue weighted by atomic mass is 31.0. The molecule has 1 heteroatoms. The molecule has 43 heavy (non-hydrogen) atoms. The van der Waals surface area contributed by atoms with E-state index in [9.17, 15) is 0 Å². The Morgan fingerprint density at radius 3 is 1.70 bits per heavy atom. The van der Waals surface area contributed by atoms with E-state index in [1.54, 1.807) is 5.57 Å². The van der Waals surface area contributed by atoms with Gasteiger partial charge in [0.1, 0.15) is 0 Å². The normalized spacial score (nSPS) is 20.9. The molecule has 0 spiro atoms. The fourth-order valence-electron chi connectivity index (χ4n) is 8.32. The minimum absolute atomic E-state index is 0.0623. The van der Waals surface area contributed by atoms with Crippen molar-refractivity contribution >= 4 is 14.8 Å². The van der Waals surface area contributed by atoms with Crippen LogP contribution in [0.5, 0.6) is 0 Å². The lowest BCUT2D eigenvalue weighted by Gasteiger charge is -2.33. The Balaban J connectivity index is 1.12. The molecule has 0 saturated carbocycles. The summed E-state index contributed by atoms with van der Waals surface area (Å²) >= 11 is 0. The van der Waals surface area contributed by atoms with Gasteiger partial charge in [-0.05, 0) is 87.4 Å². The van der Waals surface area contributed by atoms with Crippen molar-refractivity contribution in [1.82, 2.24) is 0 Å². The van der Waals surface area contributed by atoms with Crippen LogP contribution in [0.25, 0.3) is 16.7 Å². The molecule has 0 aromatic heterocycles. The van der Waals surface area contributed by atoms with Crippen molar-refractivity contribution in [1.29, 1.82) is 0 Å². The van der Waals surface area contributed by atoms with Gasteiger partial charge in [-0.1, -0.05) is 146 Å². The smallest absolute Gasteiger partial charge is 0.0603 e. The first-order valence-corrected chi connectivity index (χ1v) is 16.3. The van der Waals surface area contributed by atoms with Gasteiger partial charge in [-0.3, -0.25) is 0 Å². The third kappa shape index (κ3) is 3.79. The molecule has 2 bridgehead atoms. The largest absolute Gasteiger partial charge is 0.117 e. The highest BCUT2D eigenvalue weighted by Crippen LogP contribution is 2.57. The van der Waals surface area contributed by atoms with E-state index in [4.69, 9.17) is 0 Å². The average molecular weight is 573 g/mol. The van der Waals surface area contributed by atoms with E-state index < -0.39 is 0 Å². The topological polar surface area (TPSA) is 0 Å². The second kappa shape index (κ2) is 10.0. The van der Waals surface area contributed by atoms with Crippen LogP contribution >= 0.6 is 9.24 Å². The Bertz CT molecular complexity index is 1880. The van der Waals surface area contributed by atoms with Crippen LogP contribution in [0.2, 0.25) is 0 Å². The summed E-state index contributed by atoms with van der Waals surface area (Å²) in [4.78, 5) is 0. The number of fused-ring (bicyclic) bond motifs is 7. The summed E-state index contributed by atoms with van der Waals surface area (Å²) in [6, 6.07) is 45.8. The quantitative estimate of drug-likeness (QED) is 0.148. The summed E-state index contributed by atoms with van der Waals surface area (Å²) in [5, 5.41) is -0.232. The fourth-order valence-corrected chi connectivity index (χ4v) is 9.02. The Labute approximate surface area is 258 Å². The van der Waals surface area contributed by atoms with Crippen LogP contribution in [-0.2, 0) is 10.6 Å². The maximum absolute atomic E-state index is 3.21. The maximum Gasteiger partial charge on any atom is 0.0603 e. The van der Waals surface area contributed by atoms with E-state index >= 15 is 0 Å². The second-order valence-electron chi connectivity index (χ2n) is 12.6. The van der Waals surface area contributed by atoms with Gasteiger partial charge in [-0.2, -0.15) is 0 Å². The predicted molar refractivity (Wildman–Crippen MR) is 185 cm³/mol. The zero-order chi connectivity index (χ0) is 29.2. The Kier molecular flexibility index (Phi) is 6.22. The molecule has 0 heterocycles. The summed E-state index contributed by atoms with van der Waals surface area (Å²) < 4.78 is 0. The molecule has 0 fully saturated rings. The Morgan fingerprint density at radius 2 is 1.09 bits per heavy atom. The van der Waals surface area contributed by atoms with E-state index in [2.05, 4.69) is 157 Å². The molecule has 0 saturated heterocycles. The monoisotopic (exact) mass is 572 g/mol.